The van der Waals surface area contributed by atoms with Crippen molar-refractivity contribution in [3.05, 3.63) is 0 Å². The van der Waals surface area contributed by atoms with Gasteiger partial charge in [-0.1, -0.05) is 13.8 Å². The maximum Gasteiger partial charge on any atom is -0.000932 e. The molecule has 0 aromatic rings. The summed E-state index contributed by atoms with van der Waals surface area (Å²) in [6, 6.07) is 0. The summed E-state index contributed by atoms with van der Waals surface area (Å²) in [7, 11) is 0. The van der Waals surface area contributed by atoms with Crippen molar-refractivity contribution in [2.75, 3.05) is 23.0 Å². The van der Waals surface area contributed by atoms with Crippen LogP contribution in [0.2, 0.25) is 0 Å². The largest absolute Gasteiger partial charge is 0.179 e. The van der Waals surface area contributed by atoms with Gasteiger partial charge in [-0.25, -0.2) is 0 Å². The lowest BCUT2D eigenvalue weighted by Gasteiger charge is -1.80. The van der Waals surface area contributed by atoms with E-state index in [4.69, 9.17) is 0 Å². The zero-order valence-corrected chi connectivity index (χ0v) is 8.74. The minimum atomic E-state index is 0.878. The van der Waals surface area contributed by atoms with E-state index in [0.717, 1.165) is 11.5 Å². The lowest BCUT2D eigenvalue weighted by atomic mass is 11.0. The molecule has 0 aliphatic carbocycles. The first-order valence-corrected chi connectivity index (χ1v) is 5.54. The Kier molecular flexibility index (Phi) is 22.6. The van der Waals surface area contributed by atoms with Crippen LogP contribution in [0, 0.1) is 0 Å². The van der Waals surface area contributed by atoms with Crippen molar-refractivity contribution < 1.29 is 0 Å². The van der Waals surface area contributed by atoms with Crippen molar-refractivity contribution in [3.8, 4) is 0 Å². The third-order valence-corrected chi connectivity index (χ3v) is 2.12. The van der Waals surface area contributed by atoms with Crippen LogP contribution in [0.1, 0.15) is 13.8 Å². The third kappa shape index (κ3) is 27.4. The van der Waals surface area contributed by atoms with Crippen molar-refractivity contribution >= 4 is 37.0 Å². The second-order valence-electron chi connectivity index (χ2n) is 1.23. The minimum absolute atomic E-state index is 0.878. The lowest BCUT2D eigenvalue weighted by molar-refractivity contribution is 1.46. The van der Waals surface area contributed by atoms with Crippen LogP contribution < -0.4 is 0 Å². The smallest absolute Gasteiger partial charge is 0.000932 e. The van der Waals surface area contributed by atoms with E-state index in [1.54, 1.807) is 0 Å². The highest BCUT2D eigenvalue weighted by Gasteiger charge is 1.67. The van der Waals surface area contributed by atoms with Gasteiger partial charge in [0.25, 0.3) is 0 Å². The van der Waals surface area contributed by atoms with Gasteiger partial charge < -0.3 is 0 Å². The Bertz CT molecular complexity index is 27.5. The first kappa shape index (κ1) is 12.7. The van der Waals surface area contributed by atoms with Crippen LogP contribution in [-0.4, -0.2) is 23.0 Å². The highest BCUT2D eigenvalue weighted by Crippen LogP contribution is 1.93. The number of thiol groups is 2. The Morgan fingerprint density at radius 3 is 1.33 bits per heavy atom. The van der Waals surface area contributed by atoms with E-state index < -0.39 is 0 Å². The Balaban J connectivity index is 0. The molecule has 0 atom stereocenters. The van der Waals surface area contributed by atoms with Crippen molar-refractivity contribution in [2.24, 2.45) is 0 Å². The molecule has 0 saturated heterocycles. The zero-order valence-electron chi connectivity index (χ0n) is 6.13. The Morgan fingerprint density at radius 1 is 1.00 bits per heavy atom. The van der Waals surface area contributed by atoms with Crippen LogP contribution in [0.5, 0.6) is 0 Å². The Hall–Kier alpha value is 1.05. The summed E-state index contributed by atoms with van der Waals surface area (Å²) in [6.07, 6.45) is 0. The standard InChI is InChI=1S/C4H10S.C2H6S2/c1-3-5-4-2;3-1-2-4/h3-4H2,1-2H3;3-4H,1-2H2. The van der Waals surface area contributed by atoms with Crippen LogP contribution in [0.4, 0.5) is 0 Å². The van der Waals surface area contributed by atoms with Gasteiger partial charge in [-0.15, -0.1) is 0 Å². The van der Waals surface area contributed by atoms with Crippen LogP contribution in [0.3, 0.4) is 0 Å². The summed E-state index contributed by atoms with van der Waals surface area (Å²) in [5, 5.41) is 0. The van der Waals surface area contributed by atoms with E-state index in [1.807, 2.05) is 11.8 Å². The van der Waals surface area contributed by atoms with Crippen molar-refractivity contribution in [1.82, 2.24) is 0 Å². The predicted octanol–water partition coefficient (Wildman–Crippen LogP) is 2.61. The molecule has 0 aromatic heterocycles. The first-order chi connectivity index (χ1) is 4.33. The average molecular weight is 184 g/mol. The van der Waals surface area contributed by atoms with Gasteiger partial charge in [0.1, 0.15) is 0 Å². The van der Waals surface area contributed by atoms with Crippen LogP contribution in [-0.2, 0) is 0 Å². The maximum atomic E-state index is 3.84. The molecule has 0 aliphatic rings. The Labute approximate surface area is 74.0 Å². The van der Waals surface area contributed by atoms with E-state index >= 15 is 0 Å². The van der Waals surface area contributed by atoms with Gasteiger partial charge in [0.15, 0.2) is 0 Å². The monoisotopic (exact) mass is 184 g/mol. The molecule has 58 valence electrons. The molecule has 0 fully saturated rings. The van der Waals surface area contributed by atoms with E-state index in [-0.39, 0.29) is 0 Å². The van der Waals surface area contributed by atoms with Crippen molar-refractivity contribution in [3.63, 3.8) is 0 Å². The molecule has 9 heavy (non-hydrogen) atoms. The zero-order chi connectivity index (χ0) is 7.54. The molecule has 0 N–H and O–H groups in total. The van der Waals surface area contributed by atoms with Gasteiger partial charge in [0, 0.05) is 0 Å². The molecule has 0 aromatic carbocycles. The topological polar surface area (TPSA) is 0 Å². The first-order valence-electron chi connectivity index (χ1n) is 3.12. The molecule has 0 bridgehead atoms. The highest BCUT2D eigenvalue weighted by atomic mass is 32.2. The van der Waals surface area contributed by atoms with Crippen molar-refractivity contribution in [1.29, 1.82) is 0 Å². The van der Waals surface area contributed by atoms with E-state index in [0.29, 0.717) is 0 Å². The molecule has 0 amide bonds. The molecule has 0 heterocycles. The normalized spacial score (nSPS) is 8.00. The fourth-order valence-corrected chi connectivity index (χ4v) is 0.612. The minimum Gasteiger partial charge on any atom is -0.179 e. The predicted molar refractivity (Wildman–Crippen MR) is 56.4 cm³/mol. The maximum absolute atomic E-state index is 3.84. The van der Waals surface area contributed by atoms with Gasteiger partial charge in [0.2, 0.25) is 0 Å². The molecule has 0 radical (unpaired) electrons. The van der Waals surface area contributed by atoms with Gasteiger partial charge in [-0.2, -0.15) is 37.0 Å². The summed E-state index contributed by atoms with van der Waals surface area (Å²) < 4.78 is 0. The number of thioether (sulfide) groups is 1. The summed E-state index contributed by atoms with van der Waals surface area (Å²) in [5.41, 5.74) is 0. The average Bonchev–Trinajstić information content (AvgIpc) is 1.91. The van der Waals surface area contributed by atoms with E-state index in [9.17, 15) is 0 Å². The summed E-state index contributed by atoms with van der Waals surface area (Å²) in [6.45, 7) is 4.35. The van der Waals surface area contributed by atoms with Crippen LogP contribution in [0.25, 0.3) is 0 Å². The molecule has 0 rings (SSSR count). The molecule has 3 heteroatoms. The second kappa shape index (κ2) is 16.0. The second-order valence-corrected chi connectivity index (χ2v) is 3.69. The van der Waals surface area contributed by atoms with Gasteiger partial charge in [0.05, 0.1) is 0 Å². The van der Waals surface area contributed by atoms with Gasteiger partial charge in [-0.3, -0.25) is 0 Å². The third-order valence-electron chi connectivity index (χ3n) is 0.508. The highest BCUT2D eigenvalue weighted by molar-refractivity contribution is 7.99. The lowest BCUT2D eigenvalue weighted by Crippen LogP contribution is -1.64. The Morgan fingerprint density at radius 2 is 1.33 bits per heavy atom. The number of hydrogen-bond donors (Lipinski definition) is 2. The molecule has 0 aliphatic heterocycles. The summed E-state index contributed by atoms with van der Waals surface area (Å²) in [4.78, 5) is 0. The van der Waals surface area contributed by atoms with Crippen molar-refractivity contribution in [2.45, 2.75) is 13.8 Å². The molecular formula is C6H16S3. The molecule has 0 saturated carbocycles. The fourth-order valence-electron chi connectivity index (χ4n) is 0.204. The summed E-state index contributed by atoms with van der Waals surface area (Å²) >= 11 is 9.65. The van der Waals surface area contributed by atoms with Crippen LogP contribution in [0.15, 0.2) is 0 Å². The molecule has 0 unspecified atom stereocenters. The quantitative estimate of drug-likeness (QED) is 0.636. The van der Waals surface area contributed by atoms with E-state index in [1.165, 1.54) is 11.5 Å². The molecule has 0 nitrogen and oxygen atoms in total. The molecule has 0 spiro atoms. The van der Waals surface area contributed by atoms with Gasteiger partial charge in [-0.05, 0) is 23.0 Å². The molecular weight excluding hydrogens is 168 g/mol. The van der Waals surface area contributed by atoms with Crippen LogP contribution >= 0.6 is 37.0 Å². The number of rotatable bonds is 3. The van der Waals surface area contributed by atoms with E-state index in [2.05, 4.69) is 39.1 Å². The SMILES string of the molecule is CCSCC.SCCS. The summed E-state index contributed by atoms with van der Waals surface area (Å²) in [5.74, 6) is 4.28. The number of hydrogen-bond acceptors (Lipinski definition) is 3. The van der Waals surface area contributed by atoms with Gasteiger partial charge >= 0.3 is 0 Å². The fraction of sp³-hybridized carbons (Fsp3) is 1.00.